The molecule has 1 aromatic heterocycles. The van der Waals surface area contributed by atoms with E-state index in [0.717, 1.165) is 22.0 Å². The van der Waals surface area contributed by atoms with Crippen LogP contribution in [0, 0.1) is 0 Å². The molecule has 2 aromatic carbocycles. The summed E-state index contributed by atoms with van der Waals surface area (Å²) in [6.45, 7) is 1.54. The van der Waals surface area contributed by atoms with Gasteiger partial charge in [-0.3, -0.25) is 9.36 Å². The van der Waals surface area contributed by atoms with Gasteiger partial charge in [0.15, 0.2) is 5.54 Å². The van der Waals surface area contributed by atoms with E-state index in [9.17, 15) is 9.59 Å². The summed E-state index contributed by atoms with van der Waals surface area (Å²) in [4.78, 5) is 29.2. The van der Waals surface area contributed by atoms with Crippen molar-refractivity contribution >= 4 is 28.7 Å². The summed E-state index contributed by atoms with van der Waals surface area (Å²) >= 11 is 0. The van der Waals surface area contributed by atoms with Gasteiger partial charge in [-0.15, -0.1) is 0 Å². The first-order valence-electron chi connectivity index (χ1n) is 8.58. The number of carbonyl (C=O) groups is 2. The number of rotatable bonds is 2. The fourth-order valence-electron chi connectivity index (χ4n) is 3.84. The van der Waals surface area contributed by atoms with Crippen molar-refractivity contribution in [2.45, 2.75) is 24.8 Å². The predicted octanol–water partition coefficient (Wildman–Crippen LogP) is 3.53. The Balaban J connectivity index is 1.58. The number of benzene rings is 2. The molecule has 0 saturated heterocycles. The fraction of sp³-hybridized carbons (Fsp3) is 0.190. The van der Waals surface area contributed by atoms with Crippen molar-refractivity contribution < 1.29 is 14.3 Å². The quantitative estimate of drug-likeness (QED) is 0.668. The molecule has 1 aliphatic heterocycles. The lowest BCUT2D eigenvalue weighted by atomic mass is 10.1. The number of aliphatic imine (C=N–C) groups is 1. The molecule has 0 unspecified atom stereocenters. The molecule has 3 aromatic rings. The van der Waals surface area contributed by atoms with Gasteiger partial charge in [0.05, 0.1) is 5.52 Å². The zero-order valence-electron chi connectivity index (χ0n) is 14.2. The van der Waals surface area contributed by atoms with Crippen molar-refractivity contribution in [1.82, 2.24) is 4.57 Å². The average Bonchev–Trinajstić information content (AvgIpc) is 3.09. The Morgan fingerprint density at radius 3 is 2.65 bits per heavy atom. The Morgan fingerprint density at radius 2 is 1.88 bits per heavy atom. The molecule has 1 spiro atoms. The van der Waals surface area contributed by atoms with Crippen molar-refractivity contribution in [3.63, 3.8) is 0 Å². The Bertz CT molecular complexity index is 1100. The van der Waals surface area contributed by atoms with Crippen molar-refractivity contribution in [1.29, 1.82) is 0 Å². The molecule has 1 fully saturated rings. The molecule has 2 aliphatic rings. The summed E-state index contributed by atoms with van der Waals surface area (Å²) in [7, 11) is 0. The van der Waals surface area contributed by atoms with Gasteiger partial charge in [0.25, 0.3) is 0 Å². The molecule has 0 radical (unpaired) electrons. The fourth-order valence-corrected chi connectivity index (χ4v) is 3.84. The molecule has 1 saturated carbocycles. The van der Waals surface area contributed by atoms with Crippen molar-refractivity contribution in [3.8, 4) is 0 Å². The van der Waals surface area contributed by atoms with Crippen LogP contribution in [0.15, 0.2) is 65.8 Å². The lowest BCUT2D eigenvalue weighted by Crippen LogP contribution is -2.18. The van der Waals surface area contributed by atoms with Crippen LogP contribution in [0.2, 0.25) is 0 Å². The Morgan fingerprint density at radius 1 is 1.15 bits per heavy atom. The lowest BCUT2D eigenvalue weighted by Gasteiger charge is -2.01. The van der Waals surface area contributed by atoms with Crippen LogP contribution in [0.25, 0.3) is 10.9 Å². The molecule has 2 atom stereocenters. The first-order valence-corrected chi connectivity index (χ1v) is 8.58. The van der Waals surface area contributed by atoms with Gasteiger partial charge in [-0.1, -0.05) is 36.4 Å². The summed E-state index contributed by atoms with van der Waals surface area (Å²) in [5, 5.41) is 0.987. The number of hydrogen-bond donors (Lipinski definition) is 0. The summed E-state index contributed by atoms with van der Waals surface area (Å²) in [5.74, 6) is -0.0410. The Hall–Kier alpha value is -3.21. The number of cyclic esters (lactones) is 1. The maximum atomic E-state index is 12.6. The summed E-state index contributed by atoms with van der Waals surface area (Å²) in [6.07, 6.45) is 2.45. The van der Waals surface area contributed by atoms with Gasteiger partial charge in [-0.25, -0.2) is 9.79 Å². The van der Waals surface area contributed by atoms with Gasteiger partial charge in [0.1, 0.15) is 0 Å². The molecule has 5 rings (SSSR count). The SMILES string of the molecule is CC(=O)n1cc([C@@H]2C[C@]23N=C(c2ccccc2)OC3=O)c2ccccc21. The smallest absolute Gasteiger partial charge is 0.341 e. The number of ether oxygens (including phenoxy) is 1. The van der Waals surface area contributed by atoms with Crippen molar-refractivity contribution in [2.75, 3.05) is 0 Å². The van der Waals surface area contributed by atoms with E-state index in [-0.39, 0.29) is 17.8 Å². The van der Waals surface area contributed by atoms with Crippen LogP contribution in [-0.4, -0.2) is 27.9 Å². The standard InChI is InChI=1S/C21H16N2O3/c1-13(24)23-12-16(15-9-5-6-10-18(15)23)17-11-21(17)20(25)26-19(22-21)14-7-3-2-4-8-14/h2-10,12,17H,11H2,1H3/t17-,21-/m0/s1. The van der Waals surface area contributed by atoms with E-state index in [4.69, 9.17) is 4.74 Å². The largest absolute Gasteiger partial charge is 0.405 e. The highest BCUT2D eigenvalue weighted by molar-refractivity contribution is 6.10. The second-order valence-electron chi connectivity index (χ2n) is 6.84. The number of esters is 1. The predicted molar refractivity (Wildman–Crippen MR) is 97.4 cm³/mol. The molecule has 26 heavy (non-hydrogen) atoms. The maximum absolute atomic E-state index is 12.6. The molecule has 1 aliphatic carbocycles. The third-order valence-electron chi connectivity index (χ3n) is 5.25. The first kappa shape index (κ1) is 15.1. The van der Waals surface area contributed by atoms with Crippen molar-refractivity contribution in [2.24, 2.45) is 4.99 Å². The van der Waals surface area contributed by atoms with E-state index < -0.39 is 5.54 Å². The third-order valence-corrected chi connectivity index (χ3v) is 5.25. The van der Waals surface area contributed by atoms with Crippen LogP contribution in [0.3, 0.4) is 0 Å². The minimum absolute atomic E-state index is 0.0513. The number of carbonyl (C=O) groups excluding carboxylic acids is 2. The highest BCUT2D eigenvalue weighted by atomic mass is 16.6. The summed E-state index contributed by atoms with van der Waals surface area (Å²) in [6, 6.07) is 17.2. The molecule has 0 bridgehead atoms. The minimum Gasteiger partial charge on any atom is -0.405 e. The third kappa shape index (κ3) is 2.00. The van der Waals surface area contributed by atoms with Gasteiger partial charge in [-0.2, -0.15) is 0 Å². The monoisotopic (exact) mass is 344 g/mol. The zero-order chi connectivity index (χ0) is 17.9. The highest BCUT2D eigenvalue weighted by Crippen LogP contribution is 2.58. The van der Waals surface area contributed by atoms with E-state index in [0.29, 0.717) is 12.3 Å². The second kappa shape index (κ2) is 5.14. The average molecular weight is 344 g/mol. The van der Waals surface area contributed by atoms with Crippen molar-refractivity contribution in [3.05, 3.63) is 71.9 Å². The topological polar surface area (TPSA) is 60.7 Å². The zero-order valence-corrected chi connectivity index (χ0v) is 14.2. The van der Waals surface area contributed by atoms with E-state index >= 15 is 0 Å². The maximum Gasteiger partial charge on any atom is 0.341 e. The highest BCUT2D eigenvalue weighted by Gasteiger charge is 2.66. The van der Waals surface area contributed by atoms with Crippen LogP contribution >= 0.6 is 0 Å². The molecule has 0 amide bonds. The van der Waals surface area contributed by atoms with Crippen LogP contribution in [0.5, 0.6) is 0 Å². The molecule has 5 heteroatoms. The number of hydrogen-bond acceptors (Lipinski definition) is 4. The van der Waals surface area contributed by atoms with E-state index in [1.165, 1.54) is 6.92 Å². The summed E-state index contributed by atoms with van der Waals surface area (Å²) < 4.78 is 7.12. The molecule has 2 heterocycles. The van der Waals surface area contributed by atoms with Crippen LogP contribution in [0.1, 0.15) is 35.2 Å². The lowest BCUT2D eigenvalue weighted by molar-refractivity contribution is -0.136. The van der Waals surface area contributed by atoms with Gasteiger partial charge < -0.3 is 4.74 Å². The molecule has 0 N–H and O–H groups in total. The van der Waals surface area contributed by atoms with Gasteiger partial charge in [0.2, 0.25) is 11.8 Å². The van der Waals surface area contributed by atoms with E-state index in [1.54, 1.807) is 4.57 Å². The Labute approximate surface area is 149 Å². The number of aromatic nitrogens is 1. The minimum atomic E-state index is -0.850. The van der Waals surface area contributed by atoms with E-state index in [1.807, 2.05) is 60.8 Å². The Kier molecular flexibility index (Phi) is 2.98. The number of nitrogens with zero attached hydrogens (tertiary/aromatic N) is 2. The van der Waals surface area contributed by atoms with Gasteiger partial charge in [0, 0.05) is 30.0 Å². The number of para-hydroxylation sites is 1. The van der Waals surface area contributed by atoms with Crippen LogP contribution < -0.4 is 0 Å². The van der Waals surface area contributed by atoms with E-state index in [2.05, 4.69) is 4.99 Å². The van der Waals surface area contributed by atoms with Crippen LogP contribution in [0.4, 0.5) is 0 Å². The molecular formula is C21H16N2O3. The molecular weight excluding hydrogens is 328 g/mol. The first-order chi connectivity index (χ1) is 12.6. The van der Waals surface area contributed by atoms with Gasteiger partial charge in [-0.05, 0) is 30.2 Å². The second-order valence-corrected chi connectivity index (χ2v) is 6.84. The normalized spacial score (nSPS) is 24.0. The molecule has 128 valence electrons. The van der Waals surface area contributed by atoms with Crippen LogP contribution in [-0.2, 0) is 9.53 Å². The summed E-state index contributed by atoms with van der Waals surface area (Å²) in [5.41, 5.74) is 1.78. The molecule has 5 nitrogen and oxygen atoms in total. The van der Waals surface area contributed by atoms with Gasteiger partial charge >= 0.3 is 5.97 Å². The number of fused-ring (bicyclic) bond motifs is 1.